The number of aromatic hydroxyl groups is 1. The predicted octanol–water partition coefficient (Wildman–Crippen LogP) is 3.27. The summed E-state index contributed by atoms with van der Waals surface area (Å²) in [7, 11) is 0. The summed E-state index contributed by atoms with van der Waals surface area (Å²) in [5.41, 5.74) is 0.715. The van der Waals surface area contributed by atoms with Gasteiger partial charge in [0.25, 0.3) is 0 Å². The van der Waals surface area contributed by atoms with Gasteiger partial charge < -0.3 is 20.6 Å². The van der Waals surface area contributed by atoms with Gasteiger partial charge in [0.15, 0.2) is 17.5 Å². The van der Waals surface area contributed by atoms with Gasteiger partial charge in [-0.3, -0.25) is 0 Å². The van der Waals surface area contributed by atoms with E-state index in [2.05, 4.69) is 25.5 Å². The number of benzene rings is 1. The van der Waals surface area contributed by atoms with E-state index in [1.807, 2.05) is 31.3 Å². The highest BCUT2D eigenvalue weighted by Gasteiger charge is 2.20. The number of anilines is 1. The van der Waals surface area contributed by atoms with Gasteiger partial charge >= 0.3 is 0 Å². The van der Waals surface area contributed by atoms with E-state index in [-0.39, 0.29) is 29.7 Å². The van der Waals surface area contributed by atoms with Gasteiger partial charge in [-0.1, -0.05) is 12.1 Å². The molecule has 1 aliphatic heterocycles. The number of aliphatic imine (C=N–C) groups is 1. The third kappa shape index (κ3) is 6.22. The minimum Gasteiger partial charge on any atom is -0.505 e. The Bertz CT molecular complexity index is 766. The SMILES string of the molecule is CCNC(=NCc1ccc(O)c(F)c1)NC1CCN(c2ccccn2)CC1.I. The number of nitrogens with one attached hydrogen (secondary N) is 2. The van der Waals surface area contributed by atoms with Crippen LogP contribution in [0.4, 0.5) is 10.2 Å². The van der Waals surface area contributed by atoms with Crippen molar-refractivity contribution in [1.82, 2.24) is 15.6 Å². The molecule has 6 nitrogen and oxygen atoms in total. The van der Waals surface area contributed by atoms with Crippen molar-refractivity contribution in [2.24, 2.45) is 4.99 Å². The molecule has 1 aromatic heterocycles. The van der Waals surface area contributed by atoms with Crippen molar-refractivity contribution in [3.63, 3.8) is 0 Å². The Morgan fingerprint density at radius 2 is 2.07 bits per heavy atom. The quantitative estimate of drug-likeness (QED) is 0.335. The summed E-state index contributed by atoms with van der Waals surface area (Å²) in [6, 6.07) is 10.7. The minimum absolute atomic E-state index is 0. The summed E-state index contributed by atoms with van der Waals surface area (Å²) in [6.45, 7) is 5.00. The number of halogens is 2. The largest absolute Gasteiger partial charge is 0.505 e. The zero-order valence-corrected chi connectivity index (χ0v) is 18.3. The van der Waals surface area contributed by atoms with Crippen molar-refractivity contribution >= 4 is 35.8 Å². The zero-order chi connectivity index (χ0) is 19.1. The number of piperidine rings is 1. The number of aromatic nitrogens is 1. The Balaban J connectivity index is 0.00000280. The van der Waals surface area contributed by atoms with Crippen LogP contribution in [0.15, 0.2) is 47.6 Å². The first kappa shape index (κ1) is 22.2. The number of guanidine groups is 1. The first-order valence-corrected chi connectivity index (χ1v) is 9.34. The number of phenolic OH excluding ortho intramolecular Hbond substituents is 1. The van der Waals surface area contributed by atoms with Crippen LogP contribution in [0, 0.1) is 5.82 Å². The Kier molecular flexibility index (Phi) is 8.75. The number of hydrogen-bond donors (Lipinski definition) is 3. The van der Waals surface area contributed by atoms with Crippen LogP contribution in [0.3, 0.4) is 0 Å². The van der Waals surface area contributed by atoms with Gasteiger partial charge in [-0.2, -0.15) is 0 Å². The maximum Gasteiger partial charge on any atom is 0.191 e. The highest BCUT2D eigenvalue weighted by molar-refractivity contribution is 14.0. The van der Waals surface area contributed by atoms with E-state index in [0.717, 1.165) is 44.3 Å². The highest BCUT2D eigenvalue weighted by Crippen LogP contribution is 2.18. The zero-order valence-electron chi connectivity index (χ0n) is 15.9. The molecular formula is C20H27FIN5O. The molecule has 0 atom stereocenters. The predicted molar refractivity (Wildman–Crippen MR) is 121 cm³/mol. The second-order valence-electron chi connectivity index (χ2n) is 6.57. The molecule has 8 heteroatoms. The normalized spacial score (nSPS) is 15.1. The molecule has 1 aromatic carbocycles. The molecule has 0 bridgehead atoms. The van der Waals surface area contributed by atoms with Crippen LogP contribution in [0.25, 0.3) is 0 Å². The molecule has 2 aromatic rings. The summed E-state index contributed by atoms with van der Waals surface area (Å²) in [5, 5.41) is 16.0. The maximum absolute atomic E-state index is 13.5. The number of pyridine rings is 1. The topological polar surface area (TPSA) is 72.8 Å². The van der Waals surface area contributed by atoms with E-state index < -0.39 is 5.82 Å². The molecule has 0 aliphatic carbocycles. The molecule has 3 N–H and O–H groups in total. The Hall–Kier alpha value is -2.10. The van der Waals surface area contributed by atoms with Crippen LogP contribution in [0.1, 0.15) is 25.3 Å². The number of hydrogen-bond acceptors (Lipinski definition) is 4. The first-order chi connectivity index (χ1) is 13.2. The fourth-order valence-electron chi connectivity index (χ4n) is 3.13. The smallest absolute Gasteiger partial charge is 0.191 e. The molecule has 2 heterocycles. The van der Waals surface area contributed by atoms with Crippen LogP contribution in [-0.2, 0) is 6.54 Å². The van der Waals surface area contributed by atoms with Gasteiger partial charge in [-0.15, -0.1) is 24.0 Å². The van der Waals surface area contributed by atoms with E-state index in [1.54, 1.807) is 6.07 Å². The Morgan fingerprint density at radius 3 is 2.71 bits per heavy atom. The third-order valence-corrected chi connectivity index (χ3v) is 4.59. The van der Waals surface area contributed by atoms with Crippen LogP contribution < -0.4 is 15.5 Å². The van der Waals surface area contributed by atoms with Crippen molar-refractivity contribution in [3.05, 3.63) is 54.0 Å². The average molecular weight is 499 g/mol. The van der Waals surface area contributed by atoms with E-state index in [1.165, 1.54) is 12.1 Å². The van der Waals surface area contributed by atoms with Gasteiger partial charge in [0.1, 0.15) is 5.82 Å². The van der Waals surface area contributed by atoms with E-state index >= 15 is 0 Å². The van der Waals surface area contributed by atoms with Gasteiger partial charge in [-0.05, 0) is 49.6 Å². The van der Waals surface area contributed by atoms with Crippen molar-refractivity contribution in [3.8, 4) is 5.75 Å². The molecule has 0 saturated carbocycles. The average Bonchev–Trinajstić information content (AvgIpc) is 2.70. The third-order valence-electron chi connectivity index (χ3n) is 4.59. The lowest BCUT2D eigenvalue weighted by Gasteiger charge is -2.33. The van der Waals surface area contributed by atoms with Gasteiger partial charge in [0.2, 0.25) is 0 Å². The number of nitrogens with zero attached hydrogens (tertiary/aromatic N) is 3. The van der Waals surface area contributed by atoms with Crippen LogP contribution in [0.5, 0.6) is 5.75 Å². The monoisotopic (exact) mass is 499 g/mol. The van der Waals surface area contributed by atoms with Crippen molar-refractivity contribution in [2.75, 3.05) is 24.5 Å². The van der Waals surface area contributed by atoms with Gasteiger partial charge in [-0.25, -0.2) is 14.4 Å². The lowest BCUT2D eigenvalue weighted by atomic mass is 10.1. The second-order valence-corrected chi connectivity index (χ2v) is 6.57. The molecule has 1 fully saturated rings. The van der Waals surface area contributed by atoms with E-state index in [0.29, 0.717) is 18.2 Å². The van der Waals surface area contributed by atoms with Crippen LogP contribution in [-0.4, -0.2) is 41.7 Å². The molecule has 152 valence electrons. The second kappa shape index (κ2) is 11.0. The van der Waals surface area contributed by atoms with Gasteiger partial charge in [0.05, 0.1) is 6.54 Å². The Labute approximate surface area is 182 Å². The lowest BCUT2D eigenvalue weighted by molar-refractivity contribution is 0.432. The maximum atomic E-state index is 13.5. The standard InChI is InChI=1S/C20H26FN5O.HI/c1-2-22-20(24-14-15-6-7-18(27)17(21)13-15)25-16-8-11-26(12-9-16)19-5-3-4-10-23-19;/h3-7,10,13,16,27H,2,8-9,11-12,14H2,1H3,(H2,22,24,25);1H. The fraction of sp³-hybridized carbons (Fsp3) is 0.400. The Morgan fingerprint density at radius 1 is 1.29 bits per heavy atom. The summed E-state index contributed by atoms with van der Waals surface area (Å²) in [5.74, 6) is 0.781. The van der Waals surface area contributed by atoms with E-state index in [4.69, 9.17) is 0 Å². The summed E-state index contributed by atoms with van der Waals surface area (Å²) < 4.78 is 13.5. The molecule has 3 rings (SSSR count). The molecule has 1 saturated heterocycles. The molecule has 0 spiro atoms. The molecule has 0 amide bonds. The fourth-order valence-corrected chi connectivity index (χ4v) is 3.13. The van der Waals surface area contributed by atoms with E-state index in [9.17, 15) is 9.50 Å². The lowest BCUT2D eigenvalue weighted by Crippen LogP contribution is -2.48. The van der Waals surface area contributed by atoms with Crippen molar-refractivity contribution in [2.45, 2.75) is 32.4 Å². The van der Waals surface area contributed by atoms with Crippen LogP contribution >= 0.6 is 24.0 Å². The van der Waals surface area contributed by atoms with Crippen molar-refractivity contribution in [1.29, 1.82) is 0 Å². The summed E-state index contributed by atoms with van der Waals surface area (Å²) in [4.78, 5) is 11.3. The highest BCUT2D eigenvalue weighted by atomic mass is 127. The van der Waals surface area contributed by atoms with Crippen LogP contribution in [0.2, 0.25) is 0 Å². The summed E-state index contributed by atoms with van der Waals surface area (Å²) in [6.07, 6.45) is 3.81. The number of rotatable bonds is 5. The summed E-state index contributed by atoms with van der Waals surface area (Å²) >= 11 is 0. The minimum atomic E-state index is -0.623. The van der Waals surface area contributed by atoms with Crippen molar-refractivity contribution < 1.29 is 9.50 Å². The molecule has 28 heavy (non-hydrogen) atoms. The molecule has 0 unspecified atom stereocenters. The molecule has 0 radical (unpaired) electrons. The molecule has 1 aliphatic rings. The number of phenols is 1. The molecular weight excluding hydrogens is 472 g/mol. The van der Waals surface area contributed by atoms with Gasteiger partial charge in [0, 0.05) is 31.9 Å². The first-order valence-electron chi connectivity index (χ1n) is 9.34.